The molecule has 1 fully saturated rings. The van der Waals surface area contributed by atoms with E-state index in [0.717, 1.165) is 35.2 Å². The van der Waals surface area contributed by atoms with Crippen molar-refractivity contribution in [2.24, 2.45) is 0 Å². The molecule has 1 aromatic carbocycles. The lowest BCUT2D eigenvalue weighted by atomic mass is 10.1. The maximum absolute atomic E-state index is 12.4. The normalized spacial score (nSPS) is 13.4. The molecule has 8 heteroatoms. The van der Waals surface area contributed by atoms with E-state index in [1.807, 2.05) is 31.2 Å². The molecule has 1 aromatic heterocycles. The fraction of sp³-hybridized carbons (Fsp3) is 0.500. The van der Waals surface area contributed by atoms with Gasteiger partial charge in [-0.25, -0.2) is 0 Å². The van der Waals surface area contributed by atoms with Gasteiger partial charge in [0, 0.05) is 25.2 Å². The van der Waals surface area contributed by atoms with Crippen LogP contribution in [0.2, 0.25) is 0 Å². The minimum absolute atomic E-state index is 0.0191. The number of anilines is 1. The highest BCUT2D eigenvalue weighted by Gasteiger charge is 2.30. The lowest BCUT2D eigenvalue weighted by Gasteiger charge is -2.17. The van der Waals surface area contributed by atoms with Gasteiger partial charge in [-0.2, -0.15) is 0 Å². The minimum atomic E-state index is -0.200. The predicted octanol–water partition coefficient (Wildman–Crippen LogP) is 2.93. The molecule has 1 aliphatic rings. The van der Waals surface area contributed by atoms with Crippen molar-refractivity contribution in [3.63, 3.8) is 0 Å². The summed E-state index contributed by atoms with van der Waals surface area (Å²) in [7, 11) is 1.65. The first kappa shape index (κ1) is 20.4. The number of hydrogen-bond acceptors (Lipinski definition) is 5. The number of likely N-dealkylation sites (N-methyl/N-ethyl adjacent to an activating group) is 1. The highest BCUT2D eigenvalue weighted by atomic mass is 32.2. The summed E-state index contributed by atoms with van der Waals surface area (Å²) in [5.41, 5.74) is 1.87. The van der Waals surface area contributed by atoms with Crippen molar-refractivity contribution in [1.29, 1.82) is 0 Å². The van der Waals surface area contributed by atoms with Gasteiger partial charge in [0.25, 0.3) is 0 Å². The molecule has 0 aliphatic heterocycles. The summed E-state index contributed by atoms with van der Waals surface area (Å²) in [4.78, 5) is 26.2. The Kier molecular flexibility index (Phi) is 6.72. The van der Waals surface area contributed by atoms with E-state index in [1.165, 1.54) is 29.5 Å². The van der Waals surface area contributed by atoms with Gasteiger partial charge in [-0.3, -0.25) is 9.59 Å². The Balaban J connectivity index is 1.51. The second-order valence-electron chi connectivity index (χ2n) is 6.96. The Morgan fingerprint density at radius 1 is 1.25 bits per heavy atom. The van der Waals surface area contributed by atoms with Crippen molar-refractivity contribution in [1.82, 2.24) is 19.7 Å². The van der Waals surface area contributed by atoms with Crippen LogP contribution >= 0.6 is 11.8 Å². The molecule has 0 spiro atoms. The van der Waals surface area contributed by atoms with Crippen LogP contribution in [0.15, 0.2) is 29.4 Å². The first-order valence-electron chi connectivity index (χ1n) is 9.71. The van der Waals surface area contributed by atoms with Gasteiger partial charge in [-0.1, -0.05) is 36.9 Å². The number of aromatic nitrogens is 3. The molecule has 150 valence electrons. The maximum atomic E-state index is 12.4. The fourth-order valence-corrected chi connectivity index (χ4v) is 3.98. The van der Waals surface area contributed by atoms with E-state index in [9.17, 15) is 9.59 Å². The number of hydrogen-bond donors (Lipinski definition) is 1. The van der Waals surface area contributed by atoms with E-state index >= 15 is 0 Å². The van der Waals surface area contributed by atoms with Gasteiger partial charge in [-0.15, -0.1) is 10.2 Å². The first-order valence-corrected chi connectivity index (χ1v) is 10.7. The van der Waals surface area contributed by atoms with Gasteiger partial charge >= 0.3 is 0 Å². The molecular formula is C20H27N5O2S. The monoisotopic (exact) mass is 401 g/mol. The number of aryl methyl sites for hydroxylation is 1. The molecule has 3 rings (SSSR count). The molecule has 0 unspecified atom stereocenters. The summed E-state index contributed by atoms with van der Waals surface area (Å²) >= 11 is 1.38. The van der Waals surface area contributed by atoms with E-state index in [-0.39, 0.29) is 24.1 Å². The largest absolute Gasteiger partial charge is 0.336 e. The summed E-state index contributed by atoms with van der Waals surface area (Å²) in [6.07, 6.45) is 3.17. The smallest absolute Gasteiger partial charge is 0.243 e. The predicted molar refractivity (Wildman–Crippen MR) is 110 cm³/mol. The standard InChI is InChI=1S/C20H27N5O2S/c1-4-14-8-6-7-9-16(14)21-17(26)12-24(3)18(27)13-28-20-23-22-19(15-10-11-15)25(20)5-2/h6-9,15H,4-5,10-13H2,1-3H3,(H,21,26). The molecule has 1 aliphatic carbocycles. The molecular weight excluding hydrogens is 374 g/mol. The quantitative estimate of drug-likeness (QED) is 0.654. The summed E-state index contributed by atoms with van der Waals surface area (Å²) in [5, 5.41) is 12.2. The Bertz CT molecular complexity index is 847. The molecule has 0 atom stereocenters. The van der Waals surface area contributed by atoms with Crippen molar-refractivity contribution in [2.45, 2.75) is 50.7 Å². The number of rotatable bonds is 9. The molecule has 28 heavy (non-hydrogen) atoms. The zero-order valence-corrected chi connectivity index (χ0v) is 17.5. The molecule has 0 saturated heterocycles. The second kappa shape index (κ2) is 9.23. The Morgan fingerprint density at radius 3 is 2.68 bits per heavy atom. The van der Waals surface area contributed by atoms with Crippen LogP contribution in [0.5, 0.6) is 0 Å². The summed E-state index contributed by atoms with van der Waals surface area (Å²) in [6.45, 7) is 4.92. The van der Waals surface area contributed by atoms with Crippen LogP contribution in [0, 0.1) is 0 Å². The van der Waals surface area contributed by atoms with Gasteiger partial charge in [0.1, 0.15) is 5.82 Å². The van der Waals surface area contributed by atoms with Crippen LogP contribution in [0.3, 0.4) is 0 Å². The van der Waals surface area contributed by atoms with E-state index < -0.39 is 0 Å². The maximum Gasteiger partial charge on any atom is 0.243 e. The van der Waals surface area contributed by atoms with Gasteiger partial charge in [0.05, 0.1) is 12.3 Å². The van der Waals surface area contributed by atoms with Crippen LogP contribution in [0.25, 0.3) is 0 Å². The van der Waals surface area contributed by atoms with E-state index in [1.54, 1.807) is 7.05 Å². The van der Waals surface area contributed by atoms with E-state index in [0.29, 0.717) is 5.92 Å². The number of nitrogens with zero attached hydrogens (tertiary/aromatic N) is 4. The van der Waals surface area contributed by atoms with Crippen LogP contribution in [-0.4, -0.2) is 50.8 Å². The van der Waals surface area contributed by atoms with Crippen LogP contribution in [0.4, 0.5) is 5.69 Å². The lowest BCUT2D eigenvalue weighted by Crippen LogP contribution is -2.36. The molecule has 2 amide bonds. The van der Waals surface area contributed by atoms with Crippen LogP contribution in [0.1, 0.15) is 44.0 Å². The number of nitrogens with one attached hydrogen (secondary N) is 1. The number of benzene rings is 1. The molecule has 2 aromatic rings. The van der Waals surface area contributed by atoms with Crippen molar-refractivity contribution >= 4 is 29.3 Å². The Morgan fingerprint density at radius 2 is 2.00 bits per heavy atom. The van der Waals surface area contributed by atoms with Gasteiger partial charge < -0.3 is 14.8 Å². The average molecular weight is 402 g/mol. The van der Waals surface area contributed by atoms with Crippen molar-refractivity contribution < 1.29 is 9.59 Å². The molecule has 0 radical (unpaired) electrons. The highest BCUT2D eigenvalue weighted by Crippen LogP contribution is 2.39. The first-order chi connectivity index (χ1) is 13.5. The molecule has 1 saturated carbocycles. The van der Waals surface area contributed by atoms with Crippen LogP contribution in [-0.2, 0) is 22.6 Å². The molecule has 7 nitrogen and oxygen atoms in total. The average Bonchev–Trinajstić information content (AvgIpc) is 3.45. The fourth-order valence-electron chi connectivity index (χ4n) is 3.03. The molecule has 1 N–H and O–H groups in total. The molecule has 1 heterocycles. The lowest BCUT2D eigenvalue weighted by molar-refractivity contribution is -0.131. The summed E-state index contributed by atoms with van der Waals surface area (Å²) in [6, 6.07) is 7.70. The third kappa shape index (κ3) is 4.92. The Labute approximate surface area is 169 Å². The van der Waals surface area contributed by atoms with Gasteiger partial charge in [0.2, 0.25) is 11.8 Å². The zero-order valence-electron chi connectivity index (χ0n) is 16.6. The summed E-state index contributed by atoms with van der Waals surface area (Å²) in [5.74, 6) is 1.48. The van der Waals surface area contributed by atoms with Gasteiger partial charge in [0.15, 0.2) is 5.16 Å². The third-order valence-corrected chi connectivity index (χ3v) is 5.76. The number of amides is 2. The van der Waals surface area contributed by atoms with Crippen molar-refractivity contribution in [3.8, 4) is 0 Å². The van der Waals surface area contributed by atoms with Crippen molar-refractivity contribution in [2.75, 3.05) is 24.7 Å². The number of thioether (sulfide) groups is 1. The summed E-state index contributed by atoms with van der Waals surface area (Å²) < 4.78 is 2.09. The number of carbonyl (C=O) groups is 2. The SMILES string of the molecule is CCc1ccccc1NC(=O)CN(C)C(=O)CSc1nnc(C2CC2)n1CC. The molecule has 0 bridgehead atoms. The van der Waals surface area contributed by atoms with Gasteiger partial charge in [-0.05, 0) is 37.8 Å². The zero-order chi connectivity index (χ0) is 20.1. The topological polar surface area (TPSA) is 80.1 Å². The number of para-hydroxylation sites is 1. The Hall–Kier alpha value is -2.35. The van der Waals surface area contributed by atoms with Crippen LogP contribution < -0.4 is 5.32 Å². The third-order valence-electron chi connectivity index (χ3n) is 4.81. The second-order valence-corrected chi connectivity index (χ2v) is 7.90. The minimum Gasteiger partial charge on any atom is -0.336 e. The van der Waals surface area contributed by atoms with E-state index in [4.69, 9.17) is 0 Å². The van der Waals surface area contributed by atoms with Crippen molar-refractivity contribution in [3.05, 3.63) is 35.7 Å². The van der Waals surface area contributed by atoms with E-state index in [2.05, 4.69) is 27.0 Å². The number of carbonyl (C=O) groups excluding carboxylic acids is 2. The highest BCUT2D eigenvalue weighted by molar-refractivity contribution is 7.99.